The van der Waals surface area contributed by atoms with Crippen LogP contribution >= 0.6 is 22.9 Å². The van der Waals surface area contributed by atoms with Gasteiger partial charge in [-0.2, -0.15) is 0 Å². The molecule has 0 radical (unpaired) electrons. The molecule has 2 aromatic heterocycles. The van der Waals surface area contributed by atoms with E-state index in [2.05, 4.69) is 20.5 Å². The van der Waals surface area contributed by atoms with Crippen molar-refractivity contribution in [1.82, 2.24) is 20.2 Å². The van der Waals surface area contributed by atoms with Gasteiger partial charge in [-0.15, -0.1) is 16.4 Å². The third kappa shape index (κ3) is 2.16. The van der Waals surface area contributed by atoms with Gasteiger partial charge in [0.2, 0.25) is 10.8 Å². The van der Waals surface area contributed by atoms with Crippen LogP contribution in [-0.4, -0.2) is 25.9 Å². The molecule has 1 atom stereocenters. The number of aromatic nitrogens is 4. The van der Waals surface area contributed by atoms with Crippen molar-refractivity contribution in [3.8, 4) is 0 Å². The summed E-state index contributed by atoms with van der Waals surface area (Å²) in [4.78, 5) is 4.54. The molecule has 1 unspecified atom stereocenters. The molecule has 0 spiro atoms. The van der Waals surface area contributed by atoms with E-state index in [4.69, 9.17) is 11.6 Å². The highest BCUT2D eigenvalue weighted by Gasteiger charge is 2.52. The summed E-state index contributed by atoms with van der Waals surface area (Å²) >= 11 is 8.19. The number of tetrazole rings is 1. The van der Waals surface area contributed by atoms with Gasteiger partial charge in [0.05, 0.1) is 11.4 Å². The molecule has 0 aliphatic carbocycles. The Balaban J connectivity index is 1.62. The second-order valence-corrected chi connectivity index (χ2v) is 6.20. The molecule has 0 saturated carbocycles. The van der Waals surface area contributed by atoms with Crippen LogP contribution in [-0.2, 0) is 11.5 Å². The lowest BCUT2D eigenvalue weighted by atomic mass is 10.2. The molecule has 0 fully saturated rings. The van der Waals surface area contributed by atoms with Gasteiger partial charge in [-0.05, 0) is 27.4 Å². The van der Waals surface area contributed by atoms with Crippen molar-refractivity contribution in [2.24, 2.45) is 4.99 Å². The Hall–Kier alpha value is -2.05. The van der Waals surface area contributed by atoms with Gasteiger partial charge >= 0.3 is 0 Å². The van der Waals surface area contributed by atoms with Crippen LogP contribution in [0.5, 0.6) is 0 Å². The fraction of sp³-hybridized carbons (Fsp3) is 0.143. The molecule has 3 aromatic rings. The largest absolute Gasteiger partial charge is 0.246 e. The first-order chi connectivity index (χ1) is 10.3. The zero-order chi connectivity index (χ0) is 14.3. The predicted octanol–water partition coefficient (Wildman–Crippen LogP) is 2.68. The van der Waals surface area contributed by atoms with Gasteiger partial charge in [-0.1, -0.05) is 48.0 Å². The third-order valence-corrected chi connectivity index (χ3v) is 4.60. The van der Waals surface area contributed by atoms with Gasteiger partial charge in [0.25, 0.3) is 0 Å². The van der Waals surface area contributed by atoms with Gasteiger partial charge in [0.1, 0.15) is 5.71 Å². The van der Waals surface area contributed by atoms with Crippen molar-refractivity contribution in [1.29, 1.82) is 0 Å². The summed E-state index contributed by atoms with van der Waals surface area (Å²) in [7, 11) is 0. The summed E-state index contributed by atoms with van der Waals surface area (Å²) < 4.78 is 1.70. The van der Waals surface area contributed by atoms with Crippen molar-refractivity contribution in [2.75, 3.05) is 0 Å². The van der Waals surface area contributed by atoms with E-state index < -0.39 is 5.00 Å². The molecule has 104 valence electrons. The zero-order valence-corrected chi connectivity index (χ0v) is 12.4. The minimum absolute atomic E-state index is 0.566. The number of hydrogen-bond donors (Lipinski definition) is 0. The lowest BCUT2D eigenvalue weighted by molar-refractivity contribution is 0.612. The maximum atomic E-state index is 6.58. The number of hydrogen-bond acceptors (Lipinski definition) is 5. The van der Waals surface area contributed by atoms with E-state index >= 15 is 0 Å². The van der Waals surface area contributed by atoms with Crippen molar-refractivity contribution in [2.45, 2.75) is 11.5 Å². The summed E-state index contributed by atoms with van der Waals surface area (Å²) in [6.07, 6.45) is 0. The van der Waals surface area contributed by atoms with Crippen LogP contribution in [0.25, 0.3) is 0 Å². The number of alkyl halides is 1. The molecule has 7 heteroatoms. The van der Waals surface area contributed by atoms with Gasteiger partial charge in [0, 0.05) is 0 Å². The lowest BCUT2D eigenvalue weighted by Crippen LogP contribution is -2.18. The van der Waals surface area contributed by atoms with E-state index in [1.807, 2.05) is 47.8 Å². The van der Waals surface area contributed by atoms with E-state index in [9.17, 15) is 0 Å². The van der Waals surface area contributed by atoms with Gasteiger partial charge < -0.3 is 0 Å². The number of aliphatic imine (C=N–C) groups is 1. The van der Waals surface area contributed by atoms with Crippen LogP contribution in [0.2, 0.25) is 0 Å². The van der Waals surface area contributed by atoms with Crippen LogP contribution in [0.15, 0.2) is 52.8 Å². The summed E-state index contributed by atoms with van der Waals surface area (Å²) in [6, 6.07) is 14.0. The number of rotatable bonds is 4. The molecule has 4 rings (SSSR count). The van der Waals surface area contributed by atoms with Gasteiger partial charge in [0.15, 0.2) is 0 Å². The van der Waals surface area contributed by atoms with Crippen molar-refractivity contribution in [3.05, 3.63) is 64.1 Å². The molecule has 1 aliphatic rings. The maximum absolute atomic E-state index is 6.58. The van der Waals surface area contributed by atoms with Crippen LogP contribution in [0.3, 0.4) is 0 Å². The topological polar surface area (TPSA) is 56.0 Å². The second kappa shape index (κ2) is 4.75. The Kier molecular flexibility index (Phi) is 2.87. The van der Waals surface area contributed by atoms with E-state index in [-0.39, 0.29) is 0 Å². The molecule has 21 heavy (non-hydrogen) atoms. The predicted molar refractivity (Wildman–Crippen MR) is 81.7 cm³/mol. The molecule has 0 bridgehead atoms. The quantitative estimate of drug-likeness (QED) is 0.549. The highest BCUT2D eigenvalue weighted by Crippen LogP contribution is 2.46. The standard InChI is InChI=1S/C14H10ClN5S/c15-14(12(16-14)11-7-4-8-21-11)13-17-18-19-20(13)9-10-5-2-1-3-6-10/h1-8H,9H2. The average Bonchev–Trinajstić information content (AvgIpc) is 2.95. The van der Waals surface area contributed by atoms with Gasteiger partial charge in [-0.25, -0.2) is 9.67 Å². The molecular weight excluding hydrogens is 306 g/mol. The van der Waals surface area contributed by atoms with Crippen LogP contribution in [0.1, 0.15) is 16.3 Å². The van der Waals surface area contributed by atoms with Crippen LogP contribution < -0.4 is 0 Å². The van der Waals surface area contributed by atoms with Crippen molar-refractivity contribution >= 4 is 28.6 Å². The molecule has 1 aliphatic heterocycles. The fourth-order valence-electron chi connectivity index (χ4n) is 2.22. The minimum atomic E-state index is -0.914. The average molecular weight is 316 g/mol. The summed E-state index contributed by atoms with van der Waals surface area (Å²) in [5.41, 5.74) is 1.95. The first kappa shape index (κ1) is 12.7. The molecule has 0 N–H and O–H groups in total. The van der Waals surface area contributed by atoms with Crippen LogP contribution in [0.4, 0.5) is 0 Å². The fourth-order valence-corrected chi connectivity index (χ4v) is 3.36. The lowest BCUT2D eigenvalue weighted by Gasteiger charge is -2.08. The van der Waals surface area contributed by atoms with E-state index in [0.29, 0.717) is 12.4 Å². The Labute approximate surface area is 129 Å². The number of benzene rings is 1. The normalized spacial score (nSPS) is 20.3. The number of thiophene rings is 1. The molecule has 3 heterocycles. The number of halogens is 1. The first-order valence-corrected chi connectivity index (χ1v) is 7.67. The molecule has 1 aromatic carbocycles. The summed E-state index contributed by atoms with van der Waals surface area (Å²) in [6.45, 7) is 0.574. The third-order valence-electron chi connectivity index (χ3n) is 3.29. The number of nitrogens with zero attached hydrogens (tertiary/aromatic N) is 5. The molecule has 0 saturated heterocycles. The minimum Gasteiger partial charge on any atom is -0.246 e. The molecule has 0 amide bonds. The highest BCUT2D eigenvalue weighted by atomic mass is 35.5. The molecular formula is C14H10ClN5S. The Morgan fingerprint density at radius 3 is 2.76 bits per heavy atom. The second-order valence-electron chi connectivity index (χ2n) is 4.71. The van der Waals surface area contributed by atoms with Crippen LogP contribution in [0, 0.1) is 0 Å². The van der Waals surface area contributed by atoms with E-state index in [0.717, 1.165) is 16.2 Å². The smallest absolute Gasteiger partial charge is 0.238 e. The summed E-state index contributed by atoms with van der Waals surface area (Å²) in [5, 5.41) is 13.9. The van der Waals surface area contributed by atoms with Crippen molar-refractivity contribution < 1.29 is 0 Å². The van der Waals surface area contributed by atoms with Gasteiger partial charge in [-0.3, -0.25) is 0 Å². The molecule has 5 nitrogen and oxygen atoms in total. The SMILES string of the molecule is ClC1(c2nnnn2Cc2ccccc2)N=C1c1cccs1. The first-order valence-electron chi connectivity index (χ1n) is 6.41. The van der Waals surface area contributed by atoms with E-state index in [1.54, 1.807) is 16.0 Å². The monoisotopic (exact) mass is 315 g/mol. The highest BCUT2D eigenvalue weighted by molar-refractivity contribution is 7.12. The van der Waals surface area contributed by atoms with Crippen molar-refractivity contribution in [3.63, 3.8) is 0 Å². The Morgan fingerprint density at radius 2 is 2.00 bits per heavy atom. The Morgan fingerprint density at radius 1 is 1.14 bits per heavy atom. The summed E-state index contributed by atoms with van der Waals surface area (Å²) in [5.74, 6) is 0.566. The van der Waals surface area contributed by atoms with E-state index in [1.165, 1.54) is 0 Å². The zero-order valence-electron chi connectivity index (χ0n) is 10.8. The maximum Gasteiger partial charge on any atom is 0.238 e. The Bertz CT molecular complexity index is 796.